The van der Waals surface area contributed by atoms with E-state index < -0.39 is 0 Å². The second-order valence-electron chi connectivity index (χ2n) is 7.46. The highest BCUT2D eigenvalue weighted by atomic mass is 16.5. The first-order valence-electron chi connectivity index (χ1n) is 10.4. The Bertz CT molecular complexity index is 623. The highest BCUT2D eigenvalue weighted by Crippen LogP contribution is 2.15. The first-order chi connectivity index (χ1) is 13.7. The maximum Gasteiger partial charge on any atom is 0.253 e. The predicted molar refractivity (Wildman–Crippen MR) is 110 cm³/mol. The van der Waals surface area contributed by atoms with Gasteiger partial charge in [0.15, 0.2) is 0 Å². The lowest BCUT2D eigenvalue weighted by Crippen LogP contribution is -2.38. The van der Waals surface area contributed by atoms with Gasteiger partial charge in [-0.05, 0) is 63.0 Å². The molecule has 1 aromatic rings. The van der Waals surface area contributed by atoms with E-state index in [0.29, 0.717) is 5.56 Å². The molecule has 0 aliphatic carbocycles. The van der Waals surface area contributed by atoms with Crippen LogP contribution in [0.1, 0.15) is 36.0 Å². The molecule has 2 N–H and O–H groups in total. The molecule has 0 bridgehead atoms. The Morgan fingerprint density at radius 3 is 2.39 bits per heavy atom. The summed E-state index contributed by atoms with van der Waals surface area (Å²) >= 11 is 0. The van der Waals surface area contributed by atoms with Crippen LogP contribution in [0.4, 0.5) is 5.69 Å². The maximum absolute atomic E-state index is 12.5. The van der Waals surface area contributed by atoms with Gasteiger partial charge in [0.25, 0.3) is 5.91 Å². The minimum atomic E-state index is -0.0681. The van der Waals surface area contributed by atoms with Crippen LogP contribution in [-0.4, -0.2) is 80.6 Å². The Kier molecular flexibility index (Phi) is 8.26. The summed E-state index contributed by atoms with van der Waals surface area (Å²) in [6.07, 6.45) is 4.38. The summed E-state index contributed by atoms with van der Waals surface area (Å²) in [5, 5.41) is 6.06. The minimum absolute atomic E-state index is 0.0681. The second-order valence-corrected chi connectivity index (χ2v) is 7.46. The predicted octanol–water partition coefficient (Wildman–Crippen LogP) is 1.56. The minimum Gasteiger partial charge on any atom is -0.379 e. The Hall–Kier alpha value is -1.96. The highest BCUT2D eigenvalue weighted by molar-refractivity contribution is 5.96. The molecule has 0 unspecified atom stereocenters. The number of nitrogens with one attached hydrogen (secondary N) is 2. The number of carbonyl (C=O) groups excluding carboxylic acids is 2. The first-order valence-corrected chi connectivity index (χ1v) is 10.4. The Morgan fingerprint density at radius 1 is 0.964 bits per heavy atom. The number of rotatable bonds is 8. The van der Waals surface area contributed by atoms with Crippen LogP contribution in [0.2, 0.25) is 0 Å². The molecule has 0 saturated carbocycles. The zero-order valence-electron chi connectivity index (χ0n) is 16.6. The molecular weight excluding hydrogens is 356 g/mol. The molecule has 0 radical (unpaired) electrons. The number of morpholine rings is 1. The van der Waals surface area contributed by atoms with Crippen molar-refractivity contribution < 1.29 is 14.3 Å². The number of piperidine rings is 1. The molecule has 2 fully saturated rings. The molecule has 154 valence electrons. The van der Waals surface area contributed by atoms with Crippen molar-refractivity contribution in [3.8, 4) is 0 Å². The van der Waals surface area contributed by atoms with Crippen molar-refractivity contribution in [1.82, 2.24) is 15.1 Å². The van der Waals surface area contributed by atoms with Crippen LogP contribution in [-0.2, 0) is 9.53 Å². The number of ether oxygens (including phenoxy) is 1. The number of amides is 2. The van der Waals surface area contributed by atoms with E-state index in [-0.39, 0.29) is 18.4 Å². The topological polar surface area (TPSA) is 73.9 Å². The van der Waals surface area contributed by atoms with Crippen molar-refractivity contribution in [2.45, 2.75) is 25.7 Å². The third-order valence-electron chi connectivity index (χ3n) is 5.28. The van der Waals surface area contributed by atoms with Crippen molar-refractivity contribution in [1.29, 1.82) is 0 Å². The van der Waals surface area contributed by atoms with Gasteiger partial charge in [-0.25, -0.2) is 0 Å². The van der Waals surface area contributed by atoms with Crippen LogP contribution >= 0.6 is 0 Å². The van der Waals surface area contributed by atoms with E-state index in [4.69, 9.17) is 4.74 Å². The molecule has 2 heterocycles. The molecule has 0 atom stereocenters. The fraction of sp³-hybridized carbons (Fsp3) is 0.619. The largest absolute Gasteiger partial charge is 0.379 e. The fourth-order valence-electron chi connectivity index (χ4n) is 3.64. The summed E-state index contributed by atoms with van der Waals surface area (Å²) in [6.45, 7) is 7.45. The molecule has 0 spiro atoms. The first kappa shape index (κ1) is 20.8. The van der Waals surface area contributed by atoms with Gasteiger partial charge in [-0.3, -0.25) is 14.5 Å². The van der Waals surface area contributed by atoms with Gasteiger partial charge in [0, 0.05) is 37.4 Å². The SMILES string of the molecule is O=C(CNCCCN1CCOCC1)Nc1ccc(C(=O)N2CCCCC2)cc1. The third-order valence-corrected chi connectivity index (χ3v) is 5.28. The summed E-state index contributed by atoms with van der Waals surface area (Å²) in [5.74, 6) is 0.0148. The third kappa shape index (κ3) is 6.58. The molecule has 7 heteroatoms. The molecule has 7 nitrogen and oxygen atoms in total. The Morgan fingerprint density at radius 2 is 1.68 bits per heavy atom. The molecule has 2 aliphatic rings. The number of hydrogen-bond acceptors (Lipinski definition) is 5. The average molecular weight is 389 g/mol. The molecule has 0 aromatic heterocycles. The van der Waals surface area contributed by atoms with Crippen LogP contribution in [0.15, 0.2) is 24.3 Å². The van der Waals surface area contributed by atoms with Gasteiger partial charge >= 0.3 is 0 Å². The second kappa shape index (κ2) is 11.1. The smallest absolute Gasteiger partial charge is 0.253 e. The van der Waals surface area contributed by atoms with E-state index in [9.17, 15) is 9.59 Å². The van der Waals surface area contributed by atoms with E-state index >= 15 is 0 Å². The summed E-state index contributed by atoms with van der Waals surface area (Å²) in [6, 6.07) is 7.19. The molecule has 3 rings (SSSR count). The van der Waals surface area contributed by atoms with Gasteiger partial charge in [0.1, 0.15) is 0 Å². The highest BCUT2D eigenvalue weighted by Gasteiger charge is 2.18. The normalized spacial score (nSPS) is 18.1. The molecule has 28 heavy (non-hydrogen) atoms. The van der Waals surface area contributed by atoms with E-state index in [1.165, 1.54) is 6.42 Å². The number of hydrogen-bond donors (Lipinski definition) is 2. The van der Waals surface area contributed by atoms with Crippen LogP contribution in [0.5, 0.6) is 0 Å². The molecule has 2 aliphatic heterocycles. The summed E-state index contributed by atoms with van der Waals surface area (Å²) < 4.78 is 5.34. The number of benzene rings is 1. The van der Waals surface area contributed by atoms with Gasteiger partial charge < -0.3 is 20.3 Å². The Balaban J connectivity index is 1.33. The van der Waals surface area contributed by atoms with E-state index in [1.807, 2.05) is 4.90 Å². The lowest BCUT2D eigenvalue weighted by molar-refractivity contribution is -0.115. The van der Waals surface area contributed by atoms with Crippen molar-refractivity contribution in [2.24, 2.45) is 0 Å². The molecule has 1 aromatic carbocycles. The number of carbonyl (C=O) groups is 2. The lowest BCUT2D eigenvalue weighted by Gasteiger charge is -2.26. The lowest BCUT2D eigenvalue weighted by atomic mass is 10.1. The van der Waals surface area contributed by atoms with E-state index in [0.717, 1.165) is 77.4 Å². The van der Waals surface area contributed by atoms with E-state index in [2.05, 4.69) is 15.5 Å². The monoisotopic (exact) mass is 388 g/mol. The zero-order chi connectivity index (χ0) is 19.6. The number of likely N-dealkylation sites (tertiary alicyclic amines) is 1. The van der Waals surface area contributed by atoms with Gasteiger partial charge in [-0.15, -0.1) is 0 Å². The maximum atomic E-state index is 12.5. The van der Waals surface area contributed by atoms with Gasteiger partial charge in [0.2, 0.25) is 5.91 Å². The Labute approximate surface area is 167 Å². The summed E-state index contributed by atoms with van der Waals surface area (Å²) in [4.78, 5) is 28.8. The van der Waals surface area contributed by atoms with Crippen LogP contribution in [0, 0.1) is 0 Å². The summed E-state index contributed by atoms with van der Waals surface area (Å²) in [5.41, 5.74) is 1.40. The number of nitrogens with zero attached hydrogens (tertiary/aromatic N) is 2. The standard InChI is InChI=1S/C21H32N4O3/c26-20(17-22-9-4-10-24-13-15-28-16-14-24)23-19-7-5-18(6-8-19)21(27)25-11-2-1-3-12-25/h5-8,22H,1-4,9-17H2,(H,23,26). The quantitative estimate of drug-likeness (QED) is 0.661. The van der Waals surface area contributed by atoms with Gasteiger partial charge in [-0.2, -0.15) is 0 Å². The average Bonchev–Trinajstić information content (AvgIpc) is 2.75. The molecular formula is C21H32N4O3. The van der Waals surface area contributed by atoms with Crippen LogP contribution in [0.3, 0.4) is 0 Å². The van der Waals surface area contributed by atoms with Crippen molar-refractivity contribution >= 4 is 17.5 Å². The number of anilines is 1. The van der Waals surface area contributed by atoms with Crippen molar-refractivity contribution in [3.05, 3.63) is 29.8 Å². The van der Waals surface area contributed by atoms with Crippen LogP contribution < -0.4 is 10.6 Å². The van der Waals surface area contributed by atoms with Gasteiger partial charge in [0.05, 0.1) is 19.8 Å². The van der Waals surface area contributed by atoms with Crippen molar-refractivity contribution in [2.75, 3.05) is 64.3 Å². The summed E-state index contributed by atoms with van der Waals surface area (Å²) in [7, 11) is 0. The van der Waals surface area contributed by atoms with Crippen molar-refractivity contribution in [3.63, 3.8) is 0 Å². The van der Waals surface area contributed by atoms with Gasteiger partial charge in [-0.1, -0.05) is 0 Å². The zero-order valence-corrected chi connectivity index (χ0v) is 16.6. The van der Waals surface area contributed by atoms with Crippen LogP contribution in [0.25, 0.3) is 0 Å². The van der Waals surface area contributed by atoms with E-state index in [1.54, 1.807) is 24.3 Å². The molecule has 2 amide bonds. The fourth-order valence-corrected chi connectivity index (χ4v) is 3.64. The molecule has 2 saturated heterocycles.